The van der Waals surface area contributed by atoms with E-state index in [1.165, 1.54) is 6.07 Å². The molecule has 0 spiro atoms. The molecule has 0 fully saturated rings. The molecular formula is C22H21N3O4. The van der Waals surface area contributed by atoms with Crippen molar-refractivity contribution in [2.45, 2.75) is 25.8 Å². The maximum absolute atomic E-state index is 12.5. The Morgan fingerprint density at radius 2 is 1.97 bits per heavy atom. The van der Waals surface area contributed by atoms with E-state index in [4.69, 9.17) is 4.74 Å². The second-order valence-electron chi connectivity index (χ2n) is 6.98. The lowest BCUT2D eigenvalue weighted by molar-refractivity contribution is -0.124. The third-order valence-electron chi connectivity index (χ3n) is 4.97. The Morgan fingerprint density at radius 1 is 1.14 bits per heavy atom. The number of nitrogens with one attached hydrogen (secondary N) is 1. The molecule has 0 saturated heterocycles. The fourth-order valence-electron chi connectivity index (χ4n) is 3.47. The number of ether oxygens (including phenoxy) is 1. The first-order valence-electron chi connectivity index (χ1n) is 9.63. The molecule has 1 aliphatic rings. The van der Waals surface area contributed by atoms with Gasteiger partial charge in [-0.25, -0.2) is 9.78 Å². The molecule has 0 saturated carbocycles. The number of aromatic nitrogens is 2. The third kappa shape index (κ3) is 4.18. The molecule has 0 aliphatic carbocycles. The Balaban J connectivity index is 1.34. The molecule has 0 radical (unpaired) electrons. The van der Waals surface area contributed by atoms with Gasteiger partial charge in [0, 0.05) is 19.5 Å². The van der Waals surface area contributed by atoms with Gasteiger partial charge in [0.2, 0.25) is 0 Å². The third-order valence-corrected chi connectivity index (χ3v) is 4.97. The fraction of sp³-hybridized carbons (Fsp3) is 0.273. The van der Waals surface area contributed by atoms with Crippen molar-refractivity contribution in [3.05, 3.63) is 75.8 Å². The largest absolute Gasteiger partial charge is 0.452 e. The molecule has 1 aromatic heterocycles. The van der Waals surface area contributed by atoms with E-state index < -0.39 is 5.97 Å². The second kappa shape index (κ2) is 8.26. The lowest BCUT2D eigenvalue weighted by atomic mass is 10.1. The summed E-state index contributed by atoms with van der Waals surface area (Å²) in [6.45, 7) is 0.793. The number of amides is 1. The number of hydrogen-bond donors (Lipinski definition) is 1. The predicted octanol–water partition coefficient (Wildman–Crippen LogP) is 1.86. The van der Waals surface area contributed by atoms with Crippen LogP contribution in [0.5, 0.6) is 0 Å². The molecule has 3 aromatic rings. The van der Waals surface area contributed by atoms with E-state index in [1.807, 2.05) is 30.3 Å². The van der Waals surface area contributed by atoms with Crippen molar-refractivity contribution in [1.29, 1.82) is 0 Å². The molecule has 2 aromatic carbocycles. The summed E-state index contributed by atoms with van der Waals surface area (Å²) in [6.07, 6.45) is 2.35. The van der Waals surface area contributed by atoms with E-state index in [0.717, 1.165) is 24.2 Å². The van der Waals surface area contributed by atoms with Crippen LogP contribution in [0.25, 0.3) is 10.9 Å². The van der Waals surface area contributed by atoms with Gasteiger partial charge in [0.25, 0.3) is 11.5 Å². The molecule has 4 rings (SSSR count). The maximum Gasteiger partial charge on any atom is 0.338 e. The van der Waals surface area contributed by atoms with Gasteiger partial charge in [-0.15, -0.1) is 0 Å². The normalized spacial score (nSPS) is 12.6. The lowest BCUT2D eigenvalue weighted by Gasteiger charge is -2.08. The number of carbonyl (C=O) groups excluding carboxylic acids is 2. The van der Waals surface area contributed by atoms with Crippen molar-refractivity contribution in [3.63, 3.8) is 0 Å². The summed E-state index contributed by atoms with van der Waals surface area (Å²) in [5, 5.41) is 3.21. The van der Waals surface area contributed by atoms with Crippen molar-refractivity contribution in [3.8, 4) is 0 Å². The van der Waals surface area contributed by atoms with E-state index in [2.05, 4.69) is 10.3 Å². The van der Waals surface area contributed by atoms with E-state index in [1.54, 1.807) is 16.7 Å². The molecule has 7 heteroatoms. The van der Waals surface area contributed by atoms with Gasteiger partial charge in [0.05, 0.1) is 16.5 Å². The van der Waals surface area contributed by atoms with Gasteiger partial charge in [-0.1, -0.05) is 30.3 Å². The zero-order valence-electron chi connectivity index (χ0n) is 15.9. The molecule has 1 aliphatic heterocycles. The van der Waals surface area contributed by atoms with E-state index in [9.17, 15) is 14.4 Å². The quantitative estimate of drug-likeness (QED) is 0.648. The van der Waals surface area contributed by atoms with Gasteiger partial charge >= 0.3 is 5.97 Å². The van der Waals surface area contributed by atoms with Gasteiger partial charge in [-0.3, -0.25) is 14.2 Å². The summed E-state index contributed by atoms with van der Waals surface area (Å²) >= 11 is 0. The summed E-state index contributed by atoms with van der Waals surface area (Å²) in [5.41, 5.74) is 1.78. The number of nitrogens with zero attached hydrogens (tertiary/aromatic N) is 2. The molecule has 0 atom stereocenters. The summed E-state index contributed by atoms with van der Waals surface area (Å²) in [7, 11) is 0. The number of carbonyl (C=O) groups is 2. The highest BCUT2D eigenvalue weighted by Crippen LogP contribution is 2.16. The zero-order valence-corrected chi connectivity index (χ0v) is 15.9. The van der Waals surface area contributed by atoms with Crippen LogP contribution >= 0.6 is 0 Å². The van der Waals surface area contributed by atoms with Gasteiger partial charge in [-0.05, 0) is 36.6 Å². The highest BCUT2D eigenvalue weighted by Gasteiger charge is 2.17. The minimum absolute atomic E-state index is 0.0831. The molecule has 7 nitrogen and oxygen atoms in total. The molecule has 1 N–H and O–H groups in total. The maximum atomic E-state index is 12.5. The van der Waals surface area contributed by atoms with Gasteiger partial charge < -0.3 is 10.1 Å². The first kappa shape index (κ1) is 18.9. The van der Waals surface area contributed by atoms with Crippen LogP contribution in [-0.4, -0.2) is 34.6 Å². The molecule has 2 heterocycles. The first-order chi connectivity index (χ1) is 14.1. The van der Waals surface area contributed by atoms with Crippen LogP contribution in [0.3, 0.4) is 0 Å². The van der Waals surface area contributed by atoms with Crippen LogP contribution in [-0.2, 0) is 28.9 Å². The molecular weight excluding hydrogens is 370 g/mol. The standard InChI is InChI=1S/C22H21N3O4/c26-20(23-11-10-15-5-2-1-3-6-15)14-29-22(28)16-8-9-17-18(13-16)24-19-7-4-12-25(19)21(17)27/h1-3,5-6,8-9,13H,4,7,10-12,14H2,(H,23,26). The smallest absolute Gasteiger partial charge is 0.338 e. The number of benzene rings is 2. The predicted molar refractivity (Wildman–Crippen MR) is 108 cm³/mol. The minimum Gasteiger partial charge on any atom is -0.452 e. The van der Waals surface area contributed by atoms with E-state index in [0.29, 0.717) is 30.4 Å². The number of aryl methyl sites for hydroxylation is 1. The average molecular weight is 391 g/mol. The number of rotatable bonds is 6. The van der Waals surface area contributed by atoms with Crippen LogP contribution in [0.15, 0.2) is 53.3 Å². The fourth-order valence-corrected chi connectivity index (χ4v) is 3.47. The summed E-state index contributed by atoms with van der Waals surface area (Å²) in [6, 6.07) is 14.5. The monoisotopic (exact) mass is 391 g/mol. The Kier molecular flexibility index (Phi) is 5.37. The van der Waals surface area contributed by atoms with Crippen LogP contribution in [0, 0.1) is 0 Å². The SMILES string of the molecule is O=C(COC(=O)c1ccc2c(=O)n3c(nc2c1)CCC3)NCCc1ccccc1. The summed E-state index contributed by atoms with van der Waals surface area (Å²) in [4.78, 5) is 41.2. The molecule has 29 heavy (non-hydrogen) atoms. The summed E-state index contributed by atoms with van der Waals surface area (Å²) < 4.78 is 6.78. The summed E-state index contributed by atoms with van der Waals surface area (Å²) in [5.74, 6) is -0.234. The van der Waals surface area contributed by atoms with Crippen LogP contribution < -0.4 is 10.9 Å². The highest BCUT2D eigenvalue weighted by atomic mass is 16.5. The topological polar surface area (TPSA) is 90.3 Å². The second-order valence-corrected chi connectivity index (χ2v) is 6.98. The van der Waals surface area contributed by atoms with Crippen LogP contribution in [0.1, 0.15) is 28.2 Å². The molecule has 148 valence electrons. The van der Waals surface area contributed by atoms with Gasteiger partial charge in [-0.2, -0.15) is 0 Å². The Labute approximate surface area is 167 Å². The number of hydrogen-bond acceptors (Lipinski definition) is 5. The van der Waals surface area contributed by atoms with Crippen molar-refractivity contribution < 1.29 is 14.3 Å². The molecule has 0 unspecified atom stereocenters. The van der Waals surface area contributed by atoms with Gasteiger partial charge in [0.1, 0.15) is 5.82 Å². The van der Waals surface area contributed by atoms with Crippen molar-refractivity contribution in [2.24, 2.45) is 0 Å². The highest BCUT2D eigenvalue weighted by molar-refractivity contribution is 5.95. The van der Waals surface area contributed by atoms with E-state index in [-0.39, 0.29) is 23.6 Å². The average Bonchev–Trinajstić information content (AvgIpc) is 3.21. The van der Waals surface area contributed by atoms with Crippen LogP contribution in [0.2, 0.25) is 0 Å². The lowest BCUT2D eigenvalue weighted by Crippen LogP contribution is -2.30. The number of esters is 1. The van der Waals surface area contributed by atoms with Crippen molar-refractivity contribution >= 4 is 22.8 Å². The van der Waals surface area contributed by atoms with Crippen molar-refractivity contribution in [2.75, 3.05) is 13.2 Å². The minimum atomic E-state index is -0.618. The van der Waals surface area contributed by atoms with Crippen LogP contribution in [0.4, 0.5) is 0 Å². The molecule has 0 bridgehead atoms. The molecule has 1 amide bonds. The van der Waals surface area contributed by atoms with Crippen molar-refractivity contribution in [1.82, 2.24) is 14.9 Å². The van der Waals surface area contributed by atoms with E-state index >= 15 is 0 Å². The Bertz CT molecular complexity index is 1120. The number of fused-ring (bicyclic) bond motifs is 2. The Hall–Kier alpha value is -3.48. The zero-order chi connectivity index (χ0) is 20.2. The first-order valence-corrected chi connectivity index (χ1v) is 9.63. The Morgan fingerprint density at radius 3 is 2.79 bits per heavy atom. The van der Waals surface area contributed by atoms with Gasteiger partial charge in [0.15, 0.2) is 6.61 Å².